The zero-order chi connectivity index (χ0) is 12.3. The van der Waals surface area contributed by atoms with Crippen molar-refractivity contribution in [3.63, 3.8) is 0 Å². The number of benzene rings is 2. The van der Waals surface area contributed by atoms with E-state index in [1.165, 1.54) is 0 Å². The molecule has 2 aromatic carbocycles. The van der Waals surface area contributed by atoms with E-state index in [9.17, 15) is 0 Å². The van der Waals surface area contributed by atoms with Crippen LogP contribution in [-0.4, -0.2) is 15.9 Å². The fourth-order valence-corrected chi connectivity index (χ4v) is 11.6. The maximum absolute atomic E-state index is 2.49. The molecule has 0 heterocycles. The van der Waals surface area contributed by atoms with E-state index in [-0.39, 0.29) is 0 Å². The predicted molar refractivity (Wildman–Crippen MR) is 81.3 cm³/mol. The van der Waals surface area contributed by atoms with Crippen LogP contribution in [0.3, 0.4) is 0 Å². The van der Waals surface area contributed by atoms with Gasteiger partial charge in [-0.3, -0.25) is 8.31 Å². The second-order valence-corrected chi connectivity index (χ2v) is 17.8. The van der Waals surface area contributed by atoms with Crippen molar-refractivity contribution in [2.45, 2.75) is 19.6 Å². The molecule has 0 aliphatic heterocycles. The first kappa shape index (κ1) is 12.3. The lowest BCUT2D eigenvalue weighted by Crippen LogP contribution is -2.59. The summed E-state index contributed by atoms with van der Waals surface area (Å²) in [5.74, 6) is 0. The molecule has 0 saturated carbocycles. The van der Waals surface area contributed by atoms with Crippen LogP contribution in [0, 0.1) is 0 Å². The first-order valence-electron chi connectivity index (χ1n) is 6.07. The Morgan fingerprint density at radius 3 is 1.29 bits per heavy atom. The van der Waals surface area contributed by atoms with Gasteiger partial charge in [-0.2, -0.15) is 10.4 Å². The summed E-state index contributed by atoms with van der Waals surface area (Å²) in [6, 6.07) is 22.1. The summed E-state index contributed by atoms with van der Waals surface area (Å²) in [5.41, 5.74) is 0. The molecule has 0 aliphatic carbocycles. The summed E-state index contributed by atoms with van der Waals surface area (Å²) in [4.78, 5) is 0. The summed E-state index contributed by atoms with van der Waals surface area (Å²) in [6.07, 6.45) is 0. The molecule has 0 spiro atoms. The summed E-state index contributed by atoms with van der Waals surface area (Å²) in [6.45, 7) is 7.46. The van der Waals surface area contributed by atoms with Crippen molar-refractivity contribution in [3.05, 3.63) is 60.7 Å². The monoisotopic (exact) mass is 255 g/mol. The molecule has 0 aliphatic rings. The molecule has 0 unspecified atom stereocenters. The van der Waals surface area contributed by atoms with E-state index in [1.807, 2.05) is 0 Å². The third kappa shape index (κ3) is 2.96. The van der Waals surface area contributed by atoms with Crippen molar-refractivity contribution < 1.29 is 0 Å². The quantitative estimate of drug-likeness (QED) is 0.740. The molecule has 0 atom stereocenters. The molecule has 17 heavy (non-hydrogen) atoms. The Morgan fingerprint density at radius 2 is 1.00 bits per heavy atom. The van der Waals surface area contributed by atoms with Crippen molar-refractivity contribution in [2.75, 3.05) is 0 Å². The molecule has 0 fully saturated rings. The molecule has 0 bridgehead atoms. The first-order chi connectivity index (χ1) is 8.09. The third-order valence-corrected chi connectivity index (χ3v) is 12.4. The molecule has 0 aromatic heterocycles. The van der Waals surface area contributed by atoms with Gasteiger partial charge in [-0.15, -0.1) is 0 Å². The van der Waals surface area contributed by atoms with Crippen molar-refractivity contribution in [1.29, 1.82) is 0 Å². The summed E-state index contributed by atoms with van der Waals surface area (Å²) >= 11 is 0. The van der Waals surface area contributed by atoms with Crippen molar-refractivity contribution in [2.24, 2.45) is 0 Å². The van der Waals surface area contributed by atoms with Gasteiger partial charge in [-0.05, 0) is 0 Å². The lowest BCUT2D eigenvalue weighted by molar-refractivity contribution is 1.72. The van der Waals surface area contributed by atoms with Crippen molar-refractivity contribution in [1.82, 2.24) is 0 Å². The van der Waals surface area contributed by atoms with Gasteiger partial charge in [-0.25, -0.2) is 0 Å². The van der Waals surface area contributed by atoms with Gasteiger partial charge in [0, 0.05) is 0 Å². The van der Waals surface area contributed by atoms with Crippen LogP contribution >= 0.6 is 0 Å². The lowest BCUT2D eigenvalue weighted by Gasteiger charge is -2.44. The molecule has 0 saturated heterocycles. The molecule has 0 N–H and O–H groups in total. The Morgan fingerprint density at radius 1 is 0.647 bits per heavy atom. The third-order valence-electron chi connectivity index (χ3n) is 2.87. The molecular weight excluding hydrogens is 236 g/mol. The van der Waals surface area contributed by atoms with Gasteiger partial charge in [0.1, 0.15) is 0 Å². The minimum absolute atomic E-state index is 0.576. The highest BCUT2D eigenvalue weighted by Gasteiger charge is 2.15. The molecule has 2 heteroatoms. The van der Waals surface area contributed by atoms with Gasteiger partial charge in [-0.1, -0.05) is 87.9 Å². The fraction of sp³-hybridized carbons (Fsp3) is 0.200. The van der Waals surface area contributed by atoms with E-state index in [2.05, 4.69) is 80.3 Å². The van der Waals surface area contributed by atoms with Crippen LogP contribution in [-0.2, 0) is 0 Å². The van der Waals surface area contributed by atoms with Crippen LogP contribution in [0.25, 0.3) is 0 Å². The Labute approximate surface area is 107 Å². The molecule has 2 rings (SSSR count). The van der Waals surface area contributed by atoms with E-state index in [0.717, 1.165) is 0 Å². The standard InChI is InChI=1S/C15H19Si2/c1-17(2,3)16(14-10-6-4-7-11-14)15-12-8-5-9-13-15/h4-13H,1-3H3/q-1. The lowest BCUT2D eigenvalue weighted by atomic mass is 10.4. The second kappa shape index (κ2) is 5.02. The average Bonchev–Trinajstić information content (AvgIpc) is 2.30. The fourth-order valence-electron chi connectivity index (χ4n) is 2.24. The van der Waals surface area contributed by atoms with Gasteiger partial charge < -0.3 is 0 Å². The molecule has 0 radical (unpaired) electrons. The molecule has 0 nitrogen and oxygen atoms in total. The zero-order valence-corrected chi connectivity index (χ0v) is 12.8. The van der Waals surface area contributed by atoms with Crippen LogP contribution in [0.2, 0.25) is 19.6 Å². The maximum atomic E-state index is 2.49. The molecule has 2 aromatic rings. The number of hydrogen-bond donors (Lipinski definition) is 0. The minimum atomic E-state index is -1.17. The van der Waals surface area contributed by atoms with Gasteiger partial charge in [0.15, 0.2) is 0 Å². The van der Waals surface area contributed by atoms with Crippen LogP contribution in [0.5, 0.6) is 0 Å². The largest absolute Gasteiger partial charge is 0.250 e. The van der Waals surface area contributed by atoms with Crippen molar-refractivity contribution in [3.8, 4) is 0 Å². The summed E-state index contributed by atoms with van der Waals surface area (Å²) in [5, 5.41) is 3.12. The van der Waals surface area contributed by atoms with E-state index >= 15 is 0 Å². The summed E-state index contributed by atoms with van der Waals surface area (Å²) < 4.78 is 0. The van der Waals surface area contributed by atoms with Crippen LogP contribution in [0.1, 0.15) is 0 Å². The number of hydrogen-bond acceptors (Lipinski definition) is 0. The second-order valence-electron chi connectivity index (χ2n) is 5.36. The normalized spacial score (nSPS) is 11.2. The maximum Gasteiger partial charge on any atom is -0.0625 e. The predicted octanol–water partition coefficient (Wildman–Crippen LogP) is 2.71. The smallest absolute Gasteiger partial charge is 0.0625 e. The van der Waals surface area contributed by atoms with Gasteiger partial charge in [0.25, 0.3) is 0 Å². The Balaban J connectivity index is 2.48. The SMILES string of the molecule is C[Si](C)(C)[Si-](c1ccccc1)c1ccccc1. The number of rotatable bonds is 3. The Hall–Kier alpha value is -1.13. The van der Waals surface area contributed by atoms with E-state index in [0.29, 0.717) is 0 Å². The highest BCUT2D eigenvalue weighted by Crippen LogP contribution is 2.07. The highest BCUT2D eigenvalue weighted by molar-refractivity contribution is 7.41. The molecule has 0 amide bonds. The Kier molecular flexibility index (Phi) is 3.64. The molecular formula is C15H19Si2-. The first-order valence-corrected chi connectivity index (χ1v) is 12.1. The Bertz CT molecular complexity index is 418. The van der Waals surface area contributed by atoms with Gasteiger partial charge in [0.05, 0.1) is 0 Å². The van der Waals surface area contributed by atoms with E-state index < -0.39 is 15.9 Å². The van der Waals surface area contributed by atoms with Gasteiger partial charge >= 0.3 is 0 Å². The minimum Gasteiger partial charge on any atom is -0.250 e. The topological polar surface area (TPSA) is 0 Å². The van der Waals surface area contributed by atoms with Crippen LogP contribution < -0.4 is 10.4 Å². The van der Waals surface area contributed by atoms with Crippen molar-refractivity contribution >= 4 is 26.3 Å². The van der Waals surface area contributed by atoms with E-state index in [4.69, 9.17) is 0 Å². The summed E-state index contributed by atoms with van der Waals surface area (Å²) in [7, 11) is -1.74. The highest BCUT2D eigenvalue weighted by atomic mass is 29.2. The van der Waals surface area contributed by atoms with Crippen LogP contribution in [0.15, 0.2) is 60.7 Å². The average molecular weight is 255 g/mol. The van der Waals surface area contributed by atoms with Crippen LogP contribution in [0.4, 0.5) is 0 Å². The van der Waals surface area contributed by atoms with E-state index in [1.54, 1.807) is 10.4 Å². The van der Waals surface area contributed by atoms with Gasteiger partial charge in [0.2, 0.25) is 0 Å². The zero-order valence-electron chi connectivity index (χ0n) is 10.8. The molecule has 88 valence electrons.